The summed E-state index contributed by atoms with van der Waals surface area (Å²) in [6.45, 7) is 4.98. The van der Waals surface area contributed by atoms with E-state index in [0.29, 0.717) is 17.1 Å². The third kappa shape index (κ3) is 5.06. The van der Waals surface area contributed by atoms with Crippen molar-refractivity contribution in [2.24, 2.45) is 0 Å². The van der Waals surface area contributed by atoms with Gasteiger partial charge in [-0.15, -0.1) is 10.2 Å². The first kappa shape index (κ1) is 24.8. The highest BCUT2D eigenvalue weighted by atomic mass is 35.5. The predicted octanol–water partition coefficient (Wildman–Crippen LogP) is 4.47. The smallest absolute Gasteiger partial charge is 0.187 e. The normalized spacial score (nSPS) is 13.5. The highest BCUT2D eigenvalue weighted by Gasteiger charge is 2.32. The van der Waals surface area contributed by atoms with Crippen LogP contribution in [0, 0.1) is 18.6 Å². The molecule has 0 aliphatic carbocycles. The molecule has 0 amide bonds. The van der Waals surface area contributed by atoms with Crippen molar-refractivity contribution in [3.63, 3.8) is 0 Å². The minimum atomic E-state index is -3.89. The summed E-state index contributed by atoms with van der Waals surface area (Å²) in [5.74, 6) is -3.07. The van der Waals surface area contributed by atoms with Gasteiger partial charge in [-0.2, -0.15) is 0 Å². The number of sulfone groups is 1. The van der Waals surface area contributed by atoms with Crippen LogP contribution in [-0.4, -0.2) is 43.4 Å². The molecule has 0 aliphatic rings. The van der Waals surface area contributed by atoms with Crippen LogP contribution in [0.15, 0.2) is 48.8 Å². The fourth-order valence-electron chi connectivity index (χ4n) is 3.60. The van der Waals surface area contributed by atoms with Crippen LogP contribution in [0.3, 0.4) is 0 Å². The van der Waals surface area contributed by atoms with Gasteiger partial charge in [0.2, 0.25) is 0 Å². The third-order valence-corrected chi connectivity index (χ3v) is 8.11. The van der Waals surface area contributed by atoms with Crippen LogP contribution in [0.2, 0.25) is 5.15 Å². The summed E-state index contributed by atoms with van der Waals surface area (Å²) in [4.78, 5) is 12.5. The van der Waals surface area contributed by atoms with Gasteiger partial charge in [0.15, 0.2) is 21.5 Å². The highest BCUT2D eigenvalue weighted by molar-refractivity contribution is 7.91. The topological polar surface area (TPSA) is 104 Å². The number of halogens is 3. The van der Waals surface area contributed by atoms with E-state index < -0.39 is 44.1 Å². The molecule has 3 heterocycles. The summed E-state index contributed by atoms with van der Waals surface area (Å²) >= 11 is 5.78. The Morgan fingerprint density at radius 2 is 1.69 bits per heavy atom. The lowest BCUT2D eigenvalue weighted by Gasteiger charge is -2.20. The van der Waals surface area contributed by atoms with Gasteiger partial charge < -0.3 is 0 Å². The second kappa shape index (κ2) is 9.74. The van der Waals surface area contributed by atoms with E-state index in [2.05, 4.69) is 25.1 Å². The Balaban J connectivity index is 1.79. The van der Waals surface area contributed by atoms with Crippen LogP contribution in [-0.2, 0) is 15.6 Å². The summed E-state index contributed by atoms with van der Waals surface area (Å²) in [6.07, 6.45) is 2.75. The number of pyridine rings is 1. The Kier molecular flexibility index (Phi) is 6.91. The monoisotopic (exact) mass is 518 g/mol. The second-order valence-electron chi connectivity index (χ2n) is 8.07. The molecular weight excluding hydrogens is 498 g/mol. The SMILES string of the molecule is Cc1cccc(-c2nnc(CS(=O)(=O)[C@@H](C)[C@H](C)c3cnc(Cl)cn3)n2-c2c(F)cccc2F)n1. The zero-order valence-electron chi connectivity index (χ0n) is 19.0. The van der Waals surface area contributed by atoms with Gasteiger partial charge in [0, 0.05) is 11.6 Å². The molecule has 2 atom stereocenters. The highest BCUT2D eigenvalue weighted by Crippen LogP contribution is 2.29. The van der Waals surface area contributed by atoms with Crippen LogP contribution in [0.5, 0.6) is 0 Å². The Hall–Kier alpha value is -3.31. The quantitative estimate of drug-likeness (QED) is 0.355. The molecule has 4 rings (SSSR count). The number of rotatable bonds is 7. The maximum absolute atomic E-state index is 14.8. The van der Waals surface area contributed by atoms with E-state index in [1.807, 2.05) is 0 Å². The molecule has 182 valence electrons. The summed E-state index contributed by atoms with van der Waals surface area (Å²) in [6, 6.07) is 8.44. The van der Waals surface area contributed by atoms with Crippen molar-refractivity contribution >= 4 is 21.4 Å². The summed E-state index contributed by atoms with van der Waals surface area (Å²) in [7, 11) is -3.89. The molecule has 0 radical (unpaired) electrons. The molecule has 0 fully saturated rings. The molecule has 0 N–H and O–H groups in total. The van der Waals surface area contributed by atoms with Crippen molar-refractivity contribution in [2.45, 2.75) is 37.7 Å². The molecule has 12 heteroatoms. The number of para-hydroxylation sites is 1. The Bertz CT molecular complexity index is 1460. The van der Waals surface area contributed by atoms with E-state index in [9.17, 15) is 17.2 Å². The van der Waals surface area contributed by atoms with Gasteiger partial charge >= 0.3 is 0 Å². The average molecular weight is 519 g/mol. The average Bonchev–Trinajstić information content (AvgIpc) is 3.21. The first-order valence-electron chi connectivity index (χ1n) is 10.6. The summed E-state index contributed by atoms with van der Waals surface area (Å²) in [5.41, 5.74) is 0.899. The molecule has 0 spiro atoms. The first-order chi connectivity index (χ1) is 16.6. The largest absolute Gasteiger partial charge is 0.271 e. The van der Waals surface area contributed by atoms with Crippen molar-refractivity contribution in [3.05, 3.63) is 82.8 Å². The Morgan fingerprint density at radius 1 is 1.00 bits per heavy atom. The van der Waals surface area contributed by atoms with E-state index in [1.165, 1.54) is 25.4 Å². The third-order valence-electron chi connectivity index (χ3n) is 5.72. The fraction of sp³-hybridized carbons (Fsp3) is 0.261. The second-order valence-corrected chi connectivity index (χ2v) is 10.8. The first-order valence-corrected chi connectivity index (χ1v) is 12.7. The fourth-order valence-corrected chi connectivity index (χ4v) is 5.27. The van der Waals surface area contributed by atoms with E-state index in [-0.39, 0.29) is 16.8 Å². The van der Waals surface area contributed by atoms with Crippen LogP contribution in [0.4, 0.5) is 8.78 Å². The molecule has 0 saturated carbocycles. The zero-order chi connectivity index (χ0) is 25.3. The number of hydrogen-bond acceptors (Lipinski definition) is 7. The van der Waals surface area contributed by atoms with Crippen LogP contribution in [0.25, 0.3) is 17.2 Å². The standard InChI is InChI=1S/C23H21ClF2N6O2S/c1-13-6-4-9-18(29-13)23-31-30-21(32(23)22-16(25)7-5-8-17(22)26)12-35(33,34)15(3)14(2)19-10-28-20(24)11-27-19/h4-11,14-15H,12H2,1-3H3/t14-,15-/m0/s1. The lowest BCUT2D eigenvalue weighted by atomic mass is 10.1. The minimum absolute atomic E-state index is 0.0205. The molecule has 1 aromatic carbocycles. The lowest BCUT2D eigenvalue weighted by Crippen LogP contribution is -2.27. The zero-order valence-corrected chi connectivity index (χ0v) is 20.6. The minimum Gasteiger partial charge on any atom is -0.271 e. The van der Waals surface area contributed by atoms with Crippen LogP contribution in [0.1, 0.15) is 37.0 Å². The van der Waals surface area contributed by atoms with Gasteiger partial charge in [0.05, 0.1) is 23.3 Å². The van der Waals surface area contributed by atoms with Crippen LogP contribution < -0.4 is 0 Å². The number of aryl methyl sites for hydroxylation is 1. The summed E-state index contributed by atoms with van der Waals surface area (Å²) < 4.78 is 57.5. The maximum atomic E-state index is 14.8. The summed E-state index contributed by atoms with van der Waals surface area (Å²) in [5, 5.41) is 7.33. The van der Waals surface area contributed by atoms with E-state index in [4.69, 9.17) is 11.6 Å². The number of nitrogens with zero attached hydrogens (tertiary/aromatic N) is 6. The molecule has 0 bridgehead atoms. The molecule has 35 heavy (non-hydrogen) atoms. The molecule has 0 saturated heterocycles. The number of benzene rings is 1. The van der Waals surface area contributed by atoms with E-state index in [0.717, 1.165) is 16.7 Å². The van der Waals surface area contributed by atoms with Gasteiger partial charge in [0.25, 0.3) is 0 Å². The van der Waals surface area contributed by atoms with Gasteiger partial charge in [-0.1, -0.05) is 30.7 Å². The maximum Gasteiger partial charge on any atom is 0.187 e. The van der Waals surface area contributed by atoms with Crippen molar-refractivity contribution in [2.75, 3.05) is 0 Å². The van der Waals surface area contributed by atoms with Crippen LogP contribution >= 0.6 is 11.6 Å². The molecule has 4 aromatic rings. The van der Waals surface area contributed by atoms with Gasteiger partial charge in [0.1, 0.15) is 33.9 Å². The van der Waals surface area contributed by atoms with Crippen molar-refractivity contribution in [3.8, 4) is 17.2 Å². The van der Waals surface area contributed by atoms with E-state index >= 15 is 0 Å². The lowest BCUT2D eigenvalue weighted by molar-refractivity contribution is 0.557. The van der Waals surface area contributed by atoms with Gasteiger partial charge in [-0.3, -0.25) is 9.55 Å². The van der Waals surface area contributed by atoms with Crippen molar-refractivity contribution in [1.82, 2.24) is 29.7 Å². The number of hydrogen-bond donors (Lipinski definition) is 0. The Labute approximate surface area is 206 Å². The molecule has 0 aliphatic heterocycles. The van der Waals surface area contributed by atoms with Crippen molar-refractivity contribution < 1.29 is 17.2 Å². The molecule has 3 aromatic heterocycles. The number of aromatic nitrogens is 6. The predicted molar refractivity (Wildman–Crippen MR) is 127 cm³/mol. The van der Waals surface area contributed by atoms with Crippen molar-refractivity contribution in [1.29, 1.82) is 0 Å². The Morgan fingerprint density at radius 3 is 2.31 bits per heavy atom. The molecular formula is C23H21ClF2N6O2S. The van der Waals surface area contributed by atoms with Gasteiger partial charge in [-0.05, 0) is 38.1 Å². The molecule has 0 unspecified atom stereocenters. The van der Waals surface area contributed by atoms with Gasteiger partial charge in [-0.25, -0.2) is 27.2 Å². The molecule has 8 nitrogen and oxygen atoms in total. The van der Waals surface area contributed by atoms with E-state index in [1.54, 1.807) is 32.0 Å².